The predicted molar refractivity (Wildman–Crippen MR) is 94.4 cm³/mol. The molecule has 1 aliphatic heterocycles. The van der Waals surface area contributed by atoms with E-state index in [1.165, 1.54) is 31.4 Å². The van der Waals surface area contributed by atoms with Crippen LogP contribution in [-0.4, -0.2) is 23.9 Å². The van der Waals surface area contributed by atoms with Gasteiger partial charge >= 0.3 is 5.97 Å². The van der Waals surface area contributed by atoms with Gasteiger partial charge in [-0.2, -0.15) is 0 Å². The lowest BCUT2D eigenvalue weighted by atomic mass is 10.1. The zero-order valence-corrected chi connectivity index (χ0v) is 14.5. The monoisotopic (exact) mass is 402 g/mol. The van der Waals surface area contributed by atoms with Crippen LogP contribution in [0.5, 0.6) is 5.75 Å². The minimum absolute atomic E-state index is 0.0533. The Hall–Kier alpha value is -3.00. The Labute approximate surface area is 150 Å². The Bertz CT molecular complexity index is 936. The van der Waals surface area contributed by atoms with Gasteiger partial charge in [0, 0.05) is 16.6 Å². The molecule has 0 saturated carbocycles. The van der Waals surface area contributed by atoms with Crippen LogP contribution in [0.15, 0.2) is 57.6 Å². The van der Waals surface area contributed by atoms with Crippen LogP contribution in [0.4, 0.5) is 5.69 Å². The molecule has 2 aromatic rings. The fourth-order valence-corrected chi connectivity index (χ4v) is 2.62. The Morgan fingerprint density at radius 1 is 1.28 bits per heavy atom. The van der Waals surface area contributed by atoms with E-state index in [1.54, 1.807) is 24.3 Å². The average Bonchev–Trinajstić information content (AvgIpc) is 2.95. The molecule has 0 saturated heterocycles. The highest BCUT2D eigenvalue weighted by atomic mass is 79.9. The van der Waals surface area contributed by atoms with E-state index in [4.69, 9.17) is 9.47 Å². The van der Waals surface area contributed by atoms with E-state index in [0.29, 0.717) is 16.9 Å². The predicted octanol–water partition coefficient (Wildman–Crippen LogP) is 3.71. The quantitative estimate of drug-likeness (QED) is 0.336. The van der Waals surface area contributed by atoms with Crippen LogP contribution in [0.2, 0.25) is 0 Å². The number of benzene rings is 2. The first-order valence-corrected chi connectivity index (χ1v) is 7.88. The number of cyclic esters (lactones) is 1. The van der Waals surface area contributed by atoms with E-state index >= 15 is 0 Å². The van der Waals surface area contributed by atoms with Crippen molar-refractivity contribution in [3.63, 3.8) is 0 Å². The second-order valence-electron chi connectivity index (χ2n) is 5.03. The Balaban J connectivity index is 1.99. The molecule has 1 aliphatic rings. The van der Waals surface area contributed by atoms with Crippen molar-refractivity contribution in [3.8, 4) is 5.75 Å². The van der Waals surface area contributed by atoms with Crippen LogP contribution in [-0.2, 0) is 9.53 Å². The highest BCUT2D eigenvalue weighted by molar-refractivity contribution is 9.10. The van der Waals surface area contributed by atoms with Gasteiger partial charge in [0.15, 0.2) is 5.70 Å². The molecule has 0 unspecified atom stereocenters. The number of hydrogen-bond acceptors (Lipinski definition) is 6. The highest BCUT2D eigenvalue weighted by Crippen LogP contribution is 2.28. The molecule has 0 bridgehead atoms. The number of esters is 1. The van der Waals surface area contributed by atoms with Crippen molar-refractivity contribution in [1.82, 2.24) is 0 Å². The highest BCUT2D eigenvalue weighted by Gasteiger charge is 2.26. The van der Waals surface area contributed by atoms with Crippen LogP contribution in [0.3, 0.4) is 0 Å². The van der Waals surface area contributed by atoms with Gasteiger partial charge in [-0.1, -0.05) is 28.1 Å². The van der Waals surface area contributed by atoms with E-state index < -0.39 is 10.9 Å². The maximum absolute atomic E-state index is 12.1. The number of carbonyl (C=O) groups excluding carboxylic acids is 1. The molecule has 2 aromatic carbocycles. The normalized spacial score (nSPS) is 15.0. The number of non-ortho nitro benzene ring substituents is 1. The molecule has 0 spiro atoms. The van der Waals surface area contributed by atoms with Crippen molar-refractivity contribution in [1.29, 1.82) is 0 Å². The first-order valence-electron chi connectivity index (χ1n) is 7.09. The zero-order chi connectivity index (χ0) is 18.0. The SMILES string of the molecule is COc1ccc(Br)cc1C1=N/C(=C\c2cccc([N+](=O)[O-])c2)C(=O)O1. The Kier molecular flexibility index (Phi) is 4.62. The number of nitro benzene ring substituents is 1. The van der Waals surface area contributed by atoms with E-state index in [9.17, 15) is 14.9 Å². The number of methoxy groups -OCH3 is 1. The van der Waals surface area contributed by atoms with Crippen molar-refractivity contribution in [2.45, 2.75) is 0 Å². The molecule has 126 valence electrons. The van der Waals surface area contributed by atoms with Gasteiger partial charge in [0.05, 0.1) is 17.6 Å². The van der Waals surface area contributed by atoms with Gasteiger partial charge in [-0.25, -0.2) is 9.79 Å². The summed E-state index contributed by atoms with van der Waals surface area (Å²) >= 11 is 3.35. The lowest BCUT2D eigenvalue weighted by Gasteiger charge is -2.07. The van der Waals surface area contributed by atoms with Gasteiger partial charge in [0.25, 0.3) is 5.69 Å². The Morgan fingerprint density at radius 3 is 2.80 bits per heavy atom. The van der Waals surface area contributed by atoms with E-state index in [2.05, 4.69) is 20.9 Å². The van der Waals surface area contributed by atoms with Gasteiger partial charge in [-0.15, -0.1) is 0 Å². The molecule has 0 fully saturated rings. The molecule has 0 aliphatic carbocycles. The van der Waals surface area contributed by atoms with Crippen LogP contribution < -0.4 is 4.74 Å². The Morgan fingerprint density at radius 2 is 2.08 bits per heavy atom. The van der Waals surface area contributed by atoms with E-state index in [-0.39, 0.29) is 17.3 Å². The molecule has 0 amide bonds. The zero-order valence-electron chi connectivity index (χ0n) is 12.9. The summed E-state index contributed by atoms with van der Waals surface area (Å²) in [6, 6.07) is 11.1. The maximum atomic E-state index is 12.1. The van der Waals surface area contributed by atoms with Gasteiger partial charge in [-0.3, -0.25) is 10.1 Å². The van der Waals surface area contributed by atoms with Gasteiger partial charge in [0.1, 0.15) is 5.75 Å². The van der Waals surface area contributed by atoms with Crippen molar-refractivity contribution in [2.75, 3.05) is 7.11 Å². The summed E-state index contributed by atoms with van der Waals surface area (Å²) in [5.74, 6) is -0.0188. The van der Waals surface area contributed by atoms with Crippen LogP contribution in [0.25, 0.3) is 6.08 Å². The fourth-order valence-electron chi connectivity index (χ4n) is 2.26. The molecule has 0 N–H and O–H groups in total. The molecule has 25 heavy (non-hydrogen) atoms. The number of aliphatic imine (C=N–C) groups is 1. The summed E-state index contributed by atoms with van der Waals surface area (Å²) in [7, 11) is 1.50. The topological polar surface area (TPSA) is 91.0 Å². The largest absolute Gasteiger partial charge is 0.496 e. The number of halogens is 1. The summed E-state index contributed by atoms with van der Waals surface area (Å²) in [5, 5.41) is 10.8. The fraction of sp³-hybridized carbons (Fsp3) is 0.0588. The molecule has 7 nitrogen and oxygen atoms in total. The third-order valence-corrected chi connectivity index (χ3v) is 3.89. The minimum atomic E-state index is -0.636. The molecule has 3 rings (SSSR count). The summed E-state index contributed by atoms with van der Waals surface area (Å²) in [6.45, 7) is 0. The number of nitrogens with zero attached hydrogens (tertiary/aromatic N) is 2. The van der Waals surface area contributed by atoms with Crippen molar-refractivity contribution >= 4 is 39.6 Å². The molecule has 0 radical (unpaired) electrons. The van der Waals surface area contributed by atoms with E-state index in [1.807, 2.05) is 0 Å². The molecule has 0 aromatic heterocycles. The third-order valence-electron chi connectivity index (χ3n) is 3.40. The van der Waals surface area contributed by atoms with Gasteiger partial charge < -0.3 is 9.47 Å². The van der Waals surface area contributed by atoms with Crippen molar-refractivity contribution < 1.29 is 19.2 Å². The van der Waals surface area contributed by atoms with Crippen LogP contribution in [0.1, 0.15) is 11.1 Å². The minimum Gasteiger partial charge on any atom is -0.496 e. The standard InChI is InChI=1S/C17H11BrN2O5/c1-24-15-6-5-11(18)9-13(15)16-19-14(17(21)25-16)8-10-3-2-4-12(7-10)20(22)23/h2-9H,1H3/b14-8-. The smallest absolute Gasteiger partial charge is 0.363 e. The first-order chi connectivity index (χ1) is 12.0. The second-order valence-corrected chi connectivity index (χ2v) is 5.95. The molecule has 1 heterocycles. The second kappa shape index (κ2) is 6.86. The van der Waals surface area contributed by atoms with Gasteiger partial charge in [0.2, 0.25) is 5.90 Å². The molecular formula is C17H11BrN2O5. The van der Waals surface area contributed by atoms with Crippen LogP contribution >= 0.6 is 15.9 Å². The van der Waals surface area contributed by atoms with Crippen molar-refractivity contribution in [3.05, 3.63) is 73.9 Å². The number of ether oxygens (including phenoxy) is 2. The number of carbonyl (C=O) groups is 1. The number of rotatable bonds is 4. The summed E-state index contributed by atoms with van der Waals surface area (Å²) in [6.07, 6.45) is 1.44. The summed E-state index contributed by atoms with van der Waals surface area (Å²) in [5.41, 5.74) is 0.983. The molecule has 0 atom stereocenters. The molecule has 8 heteroatoms. The number of nitro groups is 1. The maximum Gasteiger partial charge on any atom is 0.363 e. The van der Waals surface area contributed by atoms with Gasteiger partial charge in [-0.05, 0) is 29.8 Å². The number of hydrogen-bond donors (Lipinski definition) is 0. The first kappa shape index (κ1) is 16.8. The summed E-state index contributed by atoms with van der Waals surface area (Å²) < 4.78 is 11.2. The third kappa shape index (κ3) is 3.58. The average molecular weight is 403 g/mol. The lowest BCUT2D eigenvalue weighted by molar-refractivity contribution is -0.384. The lowest BCUT2D eigenvalue weighted by Crippen LogP contribution is -2.07. The molecular weight excluding hydrogens is 392 g/mol. The van der Waals surface area contributed by atoms with Crippen LogP contribution in [0, 0.1) is 10.1 Å². The van der Waals surface area contributed by atoms with Crippen molar-refractivity contribution in [2.24, 2.45) is 4.99 Å². The van der Waals surface area contributed by atoms with E-state index in [0.717, 1.165) is 4.47 Å². The summed E-state index contributed by atoms with van der Waals surface area (Å²) in [4.78, 5) is 26.6.